The lowest BCUT2D eigenvalue weighted by atomic mass is 9.99. The first-order valence-electron chi connectivity index (χ1n) is 6.97. The number of carbonyl (C=O) groups is 1. The van der Waals surface area contributed by atoms with Gasteiger partial charge in [0.25, 0.3) is 0 Å². The summed E-state index contributed by atoms with van der Waals surface area (Å²) in [5, 5.41) is 3.25. The molecular formula is C14H19ClN2O3S. The van der Waals surface area contributed by atoms with Crippen LogP contribution in [0.1, 0.15) is 19.8 Å². The molecule has 1 aliphatic rings. The van der Waals surface area contributed by atoms with Crippen LogP contribution >= 0.6 is 11.6 Å². The molecule has 5 nitrogen and oxygen atoms in total. The van der Waals surface area contributed by atoms with Gasteiger partial charge in [-0.05, 0) is 31.9 Å². The van der Waals surface area contributed by atoms with Gasteiger partial charge in [0.05, 0.1) is 22.4 Å². The molecule has 7 heteroatoms. The quantitative estimate of drug-likeness (QED) is 0.921. The van der Waals surface area contributed by atoms with Gasteiger partial charge in [-0.2, -0.15) is 0 Å². The summed E-state index contributed by atoms with van der Waals surface area (Å²) in [7, 11) is -3.24. The van der Waals surface area contributed by atoms with Crippen molar-refractivity contribution in [3.63, 3.8) is 0 Å². The second-order valence-electron chi connectivity index (χ2n) is 5.07. The first-order chi connectivity index (χ1) is 9.94. The van der Waals surface area contributed by atoms with Gasteiger partial charge in [0.2, 0.25) is 15.9 Å². The topological polar surface area (TPSA) is 66.5 Å². The van der Waals surface area contributed by atoms with E-state index in [4.69, 9.17) is 11.6 Å². The van der Waals surface area contributed by atoms with Crippen LogP contribution in [0, 0.1) is 5.92 Å². The minimum atomic E-state index is -3.24. The maximum Gasteiger partial charge on any atom is 0.228 e. The molecule has 2 rings (SSSR count). The summed E-state index contributed by atoms with van der Waals surface area (Å²) in [6.07, 6.45) is 1.38. The lowest BCUT2D eigenvalue weighted by molar-refractivity contribution is -0.120. The maximum atomic E-state index is 12.3. The van der Waals surface area contributed by atoms with Gasteiger partial charge in [-0.1, -0.05) is 23.7 Å². The van der Waals surface area contributed by atoms with Crippen LogP contribution in [0.2, 0.25) is 5.02 Å². The second kappa shape index (κ2) is 6.77. The second-order valence-corrected chi connectivity index (χ2v) is 7.73. The highest BCUT2D eigenvalue weighted by molar-refractivity contribution is 7.89. The van der Waals surface area contributed by atoms with E-state index in [2.05, 4.69) is 5.32 Å². The lowest BCUT2D eigenvalue weighted by Gasteiger charge is -2.30. The van der Waals surface area contributed by atoms with E-state index in [1.54, 1.807) is 31.2 Å². The summed E-state index contributed by atoms with van der Waals surface area (Å²) < 4.78 is 25.2. The number of rotatable bonds is 4. The molecule has 1 amide bonds. The van der Waals surface area contributed by atoms with Crippen molar-refractivity contribution in [3.8, 4) is 0 Å². The molecular weight excluding hydrogens is 312 g/mol. The highest BCUT2D eigenvalue weighted by Crippen LogP contribution is 2.24. The fourth-order valence-electron chi connectivity index (χ4n) is 2.39. The van der Waals surface area contributed by atoms with Crippen molar-refractivity contribution in [2.45, 2.75) is 19.8 Å². The van der Waals surface area contributed by atoms with E-state index in [0.717, 1.165) is 0 Å². The Bertz CT molecular complexity index is 618. The fourth-order valence-corrected chi connectivity index (χ4v) is 3.75. The van der Waals surface area contributed by atoms with Gasteiger partial charge >= 0.3 is 0 Å². The first kappa shape index (κ1) is 16.3. The Hall–Kier alpha value is -1.11. The monoisotopic (exact) mass is 330 g/mol. The summed E-state index contributed by atoms with van der Waals surface area (Å²) in [4.78, 5) is 12.3. The Balaban J connectivity index is 2.05. The Labute approximate surface area is 130 Å². The summed E-state index contributed by atoms with van der Waals surface area (Å²) in [5.74, 6) is -0.457. The number of nitrogens with one attached hydrogen (secondary N) is 1. The Morgan fingerprint density at radius 3 is 2.81 bits per heavy atom. The van der Waals surface area contributed by atoms with Gasteiger partial charge in [-0.15, -0.1) is 0 Å². The third-order valence-electron chi connectivity index (χ3n) is 3.64. The molecule has 1 aromatic rings. The minimum absolute atomic E-state index is 0.0614. The molecule has 1 atom stereocenters. The number of hydrogen-bond donors (Lipinski definition) is 1. The van der Waals surface area contributed by atoms with Crippen LogP contribution in [0.15, 0.2) is 24.3 Å². The first-order valence-corrected chi connectivity index (χ1v) is 8.96. The summed E-state index contributed by atoms with van der Waals surface area (Å²) in [6.45, 7) is 2.35. The van der Waals surface area contributed by atoms with E-state index in [9.17, 15) is 13.2 Å². The molecule has 21 heavy (non-hydrogen) atoms. The highest BCUT2D eigenvalue weighted by Gasteiger charge is 2.31. The van der Waals surface area contributed by atoms with Gasteiger partial charge in [0.1, 0.15) is 0 Å². The van der Waals surface area contributed by atoms with Crippen LogP contribution in [0.25, 0.3) is 0 Å². The van der Waals surface area contributed by atoms with Crippen LogP contribution in [0.3, 0.4) is 0 Å². The van der Waals surface area contributed by atoms with Crippen LogP contribution < -0.4 is 5.32 Å². The molecule has 0 aliphatic carbocycles. The van der Waals surface area contributed by atoms with Crippen molar-refractivity contribution in [2.24, 2.45) is 5.92 Å². The van der Waals surface area contributed by atoms with Crippen molar-refractivity contribution in [2.75, 3.05) is 24.2 Å². The molecule has 1 saturated heterocycles. The molecule has 1 aliphatic heterocycles. The van der Waals surface area contributed by atoms with Crippen molar-refractivity contribution in [1.29, 1.82) is 0 Å². The molecule has 1 heterocycles. The van der Waals surface area contributed by atoms with Crippen LogP contribution in [0.4, 0.5) is 5.69 Å². The van der Waals surface area contributed by atoms with Gasteiger partial charge in [0.15, 0.2) is 0 Å². The summed E-state index contributed by atoms with van der Waals surface area (Å²) in [6, 6.07) is 7.00. The Kier molecular flexibility index (Phi) is 5.24. The van der Waals surface area contributed by atoms with Crippen molar-refractivity contribution >= 4 is 33.2 Å². The van der Waals surface area contributed by atoms with E-state index < -0.39 is 10.0 Å². The number of anilines is 1. The zero-order chi connectivity index (χ0) is 15.5. The number of benzene rings is 1. The number of sulfonamides is 1. The van der Waals surface area contributed by atoms with Crippen LogP contribution in [-0.4, -0.2) is 37.5 Å². The number of para-hydroxylation sites is 1. The third kappa shape index (κ3) is 3.96. The number of amides is 1. The average Bonchev–Trinajstić information content (AvgIpc) is 2.49. The molecule has 116 valence electrons. The average molecular weight is 331 g/mol. The number of piperidine rings is 1. The molecule has 1 aromatic carbocycles. The maximum absolute atomic E-state index is 12.3. The van der Waals surface area contributed by atoms with E-state index in [0.29, 0.717) is 30.1 Å². The number of hydrogen-bond acceptors (Lipinski definition) is 3. The van der Waals surface area contributed by atoms with Crippen molar-refractivity contribution in [1.82, 2.24) is 4.31 Å². The predicted molar refractivity (Wildman–Crippen MR) is 83.8 cm³/mol. The largest absolute Gasteiger partial charge is 0.324 e. The zero-order valence-corrected chi connectivity index (χ0v) is 13.5. The van der Waals surface area contributed by atoms with Crippen molar-refractivity contribution < 1.29 is 13.2 Å². The number of halogens is 1. The molecule has 0 spiro atoms. The van der Waals surface area contributed by atoms with Crippen LogP contribution in [-0.2, 0) is 14.8 Å². The van der Waals surface area contributed by atoms with Gasteiger partial charge in [0, 0.05) is 13.1 Å². The summed E-state index contributed by atoms with van der Waals surface area (Å²) in [5.41, 5.74) is 0.555. The lowest BCUT2D eigenvalue weighted by Crippen LogP contribution is -2.44. The van der Waals surface area contributed by atoms with Gasteiger partial charge in [-0.25, -0.2) is 12.7 Å². The Morgan fingerprint density at radius 1 is 1.43 bits per heavy atom. The SMILES string of the molecule is CCS(=O)(=O)N1CCC[C@@H](C(=O)Nc2ccccc2Cl)C1. The van der Waals surface area contributed by atoms with E-state index in [1.807, 2.05) is 0 Å². The van der Waals surface area contributed by atoms with E-state index in [-0.39, 0.29) is 24.1 Å². The molecule has 1 N–H and O–H groups in total. The smallest absolute Gasteiger partial charge is 0.228 e. The summed E-state index contributed by atoms with van der Waals surface area (Å²) >= 11 is 6.01. The fraction of sp³-hybridized carbons (Fsp3) is 0.500. The zero-order valence-electron chi connectivity index (χ0n) is 11.9. The van der Waals surface area contributed by atoms with E-state index >= 15 is 0 Å². The molecule has 0 saturated carbocycles. The minimum Gasteiger partial charge on any atom is -0.324 e. The van der Waals surface area contributed by atoms with Gasteiger partial charge in [-0.3, -0.25) is 4.79 Å². The third-order valence-corrected chi connectivity index (χ3v) is 5.82. The number of nitrogens with zero attached hydrogens (tertiary/aromatic N) is 1. The molecule has 1 fully saturated rings. The molecule has 0 aromatic heterocycles. The molecule has 0 bridgehead atoms. The van der Waals surface area contributed by atoms with Crippen LogP contribution in [0.5, 0.6) is 0 Å². The predicted octanol–water partition coefficient (Wildman–Crippen LogP) is 2.34. The van der Waals surface area contributed by atoms with E-state index in [1.165, 1.54) is 4.31 Å². The molecule has 0 unspecified atom stereocenters. The van der Waals surface area contributed by atoms with Crippen molar-refractivity contribution in [3.05, 3.63) is 29.3 Å². The highest BCUT2D eigenvalue weighted by atomic mass is 35.5. The normalized spacial score (nSPS) is 20.2. The number of carbonyl (C=O) groups excluding carboxylic acids is 1. The van der Waals surface area contributed by atoms with Gasteiger partial charge < -0.3 is 5.32 Å². The standard InChI is InChI=1S/C14H19ClN2O3S/c1-2-21(19,20)17-9-5-6-11(10-17)14(18)16-13-8-4-3-7-12(13)15/h3-4,7-8,11H,2,5-6,9-10H2,1H3,(H,16,18)/t11-/m1/s1. The Morgan fingerprint density at radius 2 is 2.14 bits per heavy atom. The molecule has 0 radical (unpaired) electrons.